The van der Waals surface area contributed by atoms with Crippen molar-refractivity contribution in [2.75, 3.05) is 18.5 Å². The third-order valence-corrected chi connectivity index (χ3v) is 2.56. The Morgan fingerprint density at radius 1 is 1.37 bits per heavy atom. The van der Waals surface area contributed by atoms with Gasteiger partial charge >= 0.3 is 0 Å². The smallest absolute Gasteiger partial charge is 0.218 e. The molecule has 0 bridgehead atoms. The SMILES string of the molecule is CCOc1cc(NCCCc2ncc[nH]2)nc(C)n1. The van der Waals surface area contributed by atoms with Crippen molar-refractivity contribution in [3.63, 3.8) is 0 Å². The Hall–Kier alpha value is -2.11. The maximum atomic E-state index is 5.39. The first-order valence-electron chi connectivity index (χ1n) is 6.48. The van der Waals surface area contributed by atoms with E-state index in [-0.39, 0.29) is 0 Å². The summed E-state index contributed by atoms with van der Waals surface area (Å²) in [5.74, 6) is 3.13. The summed E-state index contributed by atoms with van der Waals surface area (Å²) in [7, 11) is 0. The summed E-state index contributed by atoms with van der Waals surface area (Å²) in [6.07, 6.45) is 5.51. The van der Waals surface area contributed by atoms with E-state index in [1.165, 1.54) is 0 Å². The predicted octanol–water partition coefficient (Wildman–Crippen LogP) is 1.95. The van der Waals surface area contributed by atoms with Gasteiger partial charge in [0.25, 0.3) is 0 Å². The number of nitrogens with one attached hydrogen (secondary N) is 2. The molecule has 0 aliphatic rings. The molecule has 102 valence electrons. The van der Waals surface area contributed by atoms with E-state index in [0.29, 0.717) is 18.3 Å². The van der Waals surface area contributed by atoms with Crippen LogP contribution in [0.5, 0.6) is 5.88 Å². The van der Waals surface area contributed by atoms with Crippen molar-refractivity contribution in [3.8, 4) is 5.88 Å². The average Bonchev–Trinajstić information content (AvgIpc) is 2.87. The molecule has 0 aliphatic carbocycles. The Balaban J connectivity index is 1.81. The number of aromatic nitrogens is 4. The van der Waals surface area contributed by atoms with Crippen LogP contribution in [0.3, 0.4) is 0 Å². The molecular weight excluding hydrogens is 242 g/mol. The Morgan fingerprint density at radius 2 is 2.26 bits per heavy atom. The topological polar surface area (TPSA) is 75.7 Å². The summed E-state index contributed by atoms with van der Waals surface area (Å²) in [5, 5.41) is 3.27. The summed E-state index contributed by atoms with van der Waals surface area (Å²) in [6, 6.07) is 1.82. The number of aromatic amines is 1. The highest BCUT2D eigenvalue weighted by Crippen LogP contribution is 2.13. The van der Waals surface area contributed by atoms with Crippen molar-refractivity contribution < 1.29 is 4.74 Å². The number of hydrogen-bond donors (Lipinski definition) is 2. The van der Waals surface area contributed by atoms with Crippen molar-refractivity contribution in [2.45, 2.75) is 26.7 Å². The molecule has 2 N–H and O–H groups in total. The van der Waals surface area contributed by atoms with Gasteiger partial charge in [-0.25, -0.2) is 9.97 Å². The third-order valence-electron chi connectivity index (χ3n) is 2.56. The highest BCUT2D eigenvalue weighted by Gasteiger charge is 2.02. The van der Waals surface area contributed by atoms with Gasteiger partial charge in [0, 0.05) is 31.4 Å². The lowest BCUT2D eigenvalue weighted by Gasteiger charge is -2.08. The highest BCUT2D eigenvalue weighted by molar-refractivity contribution is 5.38. The van der Waals surface area contributed by atoms with Crippen LogP contribution in [0, 0.1) is 6.92 Å². The molecule has 0 spiro atoms. The van der Waals surface area contributed by atoms with E-state index < -0.39 is 0 Å². The van der Waals surface area contributed by atoms with Gasteiger partial charge in [-0.2, -0.15) is 4.98 Å². The molecule has 0 fully saturated rings. The molecule has 2 heterocycles. The first kappa shape index (κ1) is 13.3. The molecule has 0 atom stereocenters. The van der Waals surface area contributed by atoms with E-state index in [0.717, 1.165) is 31.0 Å². The fourth-order valence-electron chi connectivity index (χ4n) is 1.76. The quantitative estimate of drug-likeness (QED) is 0.745. The zero-order chi connectivity index (χ0) is 13.5. The minimum atomic E-state index is 0.606. The number of rotatable bonds is 7. The zero-order valence-corrected chi connectivity index (χ0v) is 11.3. The second kappa shape index (κ2) is 6.72. The molecule has 0 aromatic carbocycles. The molecule has 0 aliphatic heterocycles. The van der Waals surface area contributed by atoms with Crippen molar-refractivity contribution in [3.05, 3.63) is 30.1 Å². The van der Waals surface area contributed by atoms with E-state index >= 15 is 0 Å². The molecule has 19 heavy (non-hydrogen) atoms. The number of anilines is 1. The van der Waals surface area contributed by atoms with Crippen molar-refractivity contribution in [1.29, 1.82) is 0 Å². The fourth-order valence-corrected chi connectivity index (χ4v) is 1.76. The van der Waals surface area contributed by atoms with Gasteiger partial charge in [-0.3, -0.25) is 0 Å². The van der Waals surface area contributed by atoms with Crippen LogP contribution in [0.25, 0.3) is 0 Å². The third kappa shape index (κ3) is 4.24. The van der Waals surface area contributed by atoms with Crippen molar-refractivity contribution in [2.24, 2.45) is 0 Å². The monoisotopic (exact) mass is 261 g/mol. The van der Waals surface area contributed by atoms with Crippen LogP contribution in [0.4, 0.5) is 5.82 Å². The summed E-state index contributed by atoms with van der Waals surface area (Å²) in [5.41, 5.74) is 0. The zero-order valence-electron chi connectivity index (χ0n) is 11.3. The normalized spacial score (nSPS) is 10.4. The van der Waals surface area contributed by atoms with Crippen LogP contribution in [0.15, 0.2) is 18.5 Å². The van der Waals surface area contributed by atoms with E-state index in [9.17, 15) is 0 Å². The number of hydrogen-bond acceptors (Lipinski definition) is 5. The van der Waals surface area contributed by atoms with Crippen molar-refractivity contribution >= 4 is 5.82 Å². The molecule has 0 saturated carbocycles. The Morgan fingerprint density at radius 3 is 3.00 bits per heavy atom. The minimum Gasteiger partial charge on any atom is -0.478 e. The molecule has 6 heteroatoms. The van der Waals surface area contributed by atoms with Gasteiger partial charge in [-0.15, -0.1) is 0 Å². The summed E-state index contributed by atoms with van der Waals surface area (Å²) < 4.78 is 5.39. The van der Waals surface area contributed by atoms with Gasteiger partial charge in [0.15, 0.2) is 0 Å². The van der Waals surface area contributed by atoms with Gasteiger partial charge < -0.3 is 15.0 Å². The molecule has 0 saturated heterocycles. The number of ether oxygens (including phenoxy) is 1. The molecular formula is C13H19N5O. The summed E-state index contributed by atoms with van der Waals surface area (Å²) in [6.45, 7) is 5.24. The average molecular weight is 261 g/mol. The lowest BCUT2D eigenvalue weighted by atomic mass is 10.3. The summed E-state index contributed by atoms with van der Waals surface area (Å²) >= 11 is 0. The fraction of sp³-hybridized carbons (Fsp3) is 0.462. The molecule has 0 unspecified atom stereocenters. The van der Waals surface area contributed by atoms with E-state index in [1.807, 2.05) is 26.1 Å². The van der Waals surface area contributed by atoms with Crippen LogP contribution < -0.4 is 10.1 Å². The predicted molar refractivity (Wildman–Crippen MR) is 73.3 cm³/mol. The maximum Gasteiger partial charge on any atom is 0.218 e. The minimum absolute atomic E-state index is 0.606. The largest absolute Gasteiger partial charge is 0.478 e. The Bertz CT molecular complexity index is 498. The molecule has 2 aromatic heterocycles. The Labute approximate surface area is 112 Å². The van der Waals surface area contributed by atoms with Crippen LogP contribution in [0.2, 0.25) is 0 Å². The van der Waals surface area contributed by atoms with E-state index in [2.05, 4.69) is 25.3 Å². The lowest BCUT2D eigenvalue weighted by molar-refractivity contribution is 0.325. The molecule has 6 nitrogen and oxygen atoms in total. The summed E-state index contributed by atoms with van der Waals surface area (Å²) in [4.78, 5) is 15.8. The van der Waals surface area contributed by atoms with Crippen LogP contribution in [-0.4, -0.2) is 33.1 Å². The molecule has 0 radical (unpaired) electrons. The van der Waals surface area contributed by atoms with Gasteiger partial charge in [0.1, 0.15) is 17.5 Å². The number of imidazole rings is 1. The van der Waals surface area contributed by atoms with Crippen LogP contribution >= 0.6 is 0 Å². The highest BCUT2D eigenvalue weighted by atomic mass is 16.5. The standard InChI is InChI=1S/C13H19N5O/c1-3-19-13-9-12(17-10(2)18-13)14-6-4-5-11-15-7-8-16-11/h7-9H,3-6H2,1-2H3,(H,15,16)(H,14,17,18). The lowest BCUT2D eigenvalue weighted by Crippen LogP contribution is -2.07. The number of H-pyrrole nitrogens is 1. The second-order valence-electron chi connectivity index (χ2n) is 4.14. The Kier molecular flexibility index (Phi) is 4.72. The van der Waals surface area contributed by atoms with Crippen molar-refractivity contribution in [1.82, 2.24) is 19.9 Å². The maximum absolute atomic E-state index is 5.39. The first-order valence-corrected chi connectivity index (χ1v) is 6.48. The van der Waals surface area contributed by atoms with Gasteiger partial charge in [0.05, 0.1) is 6.61 Å². The number of aryl methyl sites for hydroxylation is 2. The van der Waals surface area contributed by atoms with E-state index in [4.69, 9.17) is 4.74 Å². The van der Waals surface area contributed by atoms with Gasteiger partial charge in [-0.05, 0) is 20.3 Å². The van der Waals surface area contributed by atoms with E-state index in [1.54, 1.807) is 6.20 Å². The van der Waals surface area contributed by atoms with Gasteiger partial charge in [-0.1, -0.05) is 0 Å². The molecule has 0 amide bonds. The molecule has 2 aromatic rings. The molecule has 2 rings (SSSR count). The van der Waals surface area contributed by atoms with Crippen LogP contribution in [0.1, 0.15) is 25.0 Å². The first-order chi connectivity index (χ1) is 9.28. The van der Waals surface area contributed by atoms with Gasteiger partial charge in [0.2, 0.25) is 5.88 Å². The number of nitrogens with zero attached hydrogens (tertiary/aromatic N) is 3. The van der Waals surface area contributed by atoms with Crippen LogP contribution in [-0.2, 0) is 6.42 Å². The second-order valence-corrected chi connectivity index (χ2v) is 4.14.